The van der Waals surface area contributed by atoms with Gasteiger partial charge in [0.1, 0.15) is 0 Å². The predicted molar refractivity (Wildman–Crippen MR) is 232 cm³/mol. The predicted octanol–water partition coefficient (Wildman–Crippen LogP) is 14.7. The molecule has 4 heteroatoms. The Bertz CT molecular complexity index is 3100. The fourth-order valence-electron chi connectivity index (χ4n) is 7.73. The summed E-state index contributed by atoms with van der Waals surface area (Å²) >= 11 is 3.65. The summed E-state index contributed by atoms with van der Waals surface area (Å²) in [4.78, 5) is 10.7. The van der Waals surface area contributed by atoms with Gasteiger partial charge in [-0.1, -0.05) is 127 Å². The van der Waals surface area contributed by atoms with Crippen LogP contribution in [0.1, 0.15) is 0 Å². The number of benzene rings is 8. The minimum atomic E-state index is 0.718. The summed E-state index contributed by atoms with van der Waals surface area (Å²) in [7, 11) is 0. The molecule has 0 atom stereocenters. The van der Waals surface area contributed by atoms with Crippen LogP contribution in [0.15, 0.2) is 182 Å². The second kappa shape index (κ2) is 12.6. The van der Waals surface area contributed by atoms with E-state index in [1.165, 1.54) is 62.2 Å². The zero-order valence-corrected chi connectivity index (χ0v) is 30.7. The van der Waals surface area contributed by atoms with Crippen LogP contribution < -0.4 is 0 Å². The Morgan fingerprint density at radius 2 is 0.796 bits per heavy atom. The molecule has 11 rings (SSSR count). The molecule has 0 saturated carbocycles. The highest BCUT2D eigenvalue weighted by Gasteiger charge is 2.16. The molecular weight excluding hydrogens is 693 g/mol. The third kappa shape index (κ3) is 5.38. The highest BCUT2D eigenvalue weighted by Crippen LogP contribution is 2.40. The van der Waals surface area contributed by atoms with Gasteiger partial charge in [-0.3, -0.25) is 0 Å². The van der Waals surface area contributed by atoms with Crippen molar-refractivity contribution in [2.45, 2.75) is 0 Å². The van der Waals surface area contributed by atoms with E-state index in [-0.39, 0.29) is 0 Å². The van der Waals surface area contributed by atoms with Crippen LogP contribution in [0.3, 0.4) is 0 Å². The molecule has 11 aromatic rings. The Balaban J connectivity index is 1.13. The van der Waals surface area contributed by atoms with E-state index in [9.17, 15) is 0 Å². The smallest absolute Gasteiger partial charge is 0.160 e. The monoisotopic (exact) mass is 722 g/mol. The van der Waals surface area contributed by atoms with E-state index in [1.807, 2.05) is 22.7 Å². The van der Waals surface area contributed by atoms with Crippen LogP contribution in [0.5, 0.6) is 0 Å². The van der Waals surface area contributed by atoms with Crippen molar-refractivity contribution in [1.82, 2.24) is 9.97 Å². The van der Waals surface area contributed by atoms with Gasteiger partial charge in [-0.2, -0.15) is 0 Å². The second-order valence-corrected chi connectivity index (χ2v) is 16.0. The fourth-order valence-corrected chi connectivity index (χ4v) is 10.0. The first kappa shape index (κ1) is 31.1. The summed E-state index contributed by atoms with van der Waals surface area (Å²) in [5, 5.41) is 7.58. The van der Waals surface area contributed by atoms with Crippen molar-refractivity contribution in [3.8, 4) is 56.2 Å². The molecular formula is C50H30N2S2. The van der Waals surface area contributed by atoms with Crippen molar-refractivity contribution >= 4 is 73.8 Å². The van der Waals surface area contributed by atoms with Crippen molar-refractivity contribution in [3.63, 3.8) is 0 Å². The summed E-state index contributed by atoms with van der Waals surface area (Å²) in [6, 6.07) is 65.7. The normalized spacial score (nSPS) is 11.7. The van der Waals surface area contributed by atoms with E-state index >= 15 is 0 Å². The molecule has 2 nitrogen and oxygen atoms in total. The molecule has 0 aliphatic heterocycles. The quantitative estimate of drug-likeness (QED) is 0.177. The largest absolute Gasteiger partial charge is 0.228 e. The number of hydrogen-bond donors (Lipinski definition) is 0. The number of hydrogen-bond acceptors (Lipinski definition) is 4. The van der Waals surface area contributed by atoms with Gasteiger partial charge < -0.3 is 0 Å². The summed E-state index contributed by atoms with van der Waals surface area (Å²) in [5.41, 5.74) is 9.58. The lowest BCUT2D eigenvalue weighted by Gasteiger charge is -2.14. The Morgan fingerprint density at radius 3 is 1.52 bits per heavy atom. The van der Waals surface area contributed by atoms with Crippen molar-refractivity contribution in [3.05, 3.63) is 182 Å². The molecule has 3 heterocycles. The maximum atomic E-state index is 5.37. The molecule has 0 radical (unpaired) electrons. The van der Waals surface area contributed by atoms with E-state index in [0.717, 1.165) is 45.0 Å². The fraction of sp³-hybridized carbons (Fsp3) is 0. The maximum Gasteiger partial charge on any atom is 0.160 e. The lowest BCUT2D eigenvalue weighted by atomic mass is 9.93. The lowest BCUT2D eigenvalue weighted by Crippen LogP contribution is -1.96. The van der Waals surface area contributed by atoms with Crippen molar-refractivity contribution in [2.75, 3.05) is 0 Å². The Morgan fingerprint density at radius 1 is 0.278 bits per heavy atom. The Kier molecular flexibility index (Phi) is 7.25. The standard InChI is InChI=1S/C50H30N2S2/c1-2-10-31(11-3-1)37-25-38(34-19-18-32-12-4-5-13-33(32)24-34)27-39(26-37)45-30-44(35-20-22-42-40-14-6-8-16-46(40)53-48(42)28-35)51-50(52-45)36-21-23-43-41-15-7-9-17-47(41)54-49(43)29-36/h1-30H. The van der Waals surface area contributed by atoms with Crippen LogP contribution in [0, 0.1) is 0 Å². The van der Waals surface area contributed by atoms with Crippen molar-refractivity contribution in [1.29, 1.82) is 0 Å². The molecule has 0 saturated heterocycles. The van der Waals surface area contributed by atoms with E-state index in [1.54, 1.807) is 0 Å². The third-order valence-electron chi connectivity index (χ3n) is 10.5. The Labute approximate surface area is 320 Å². The summed E-state index contributed by atoms with van der Waals surface area (Å²) in [5.74, 6) is 0.718. The highest BCUT2D eigenvalue weighted by atomic mass is 32.1. The molecule has 0 fully saturated rings. The number of fused-ring (bicyclic) bond motifs is 7. The van der Waals surface area contributed by atoms with E-state index < -0.39 is 0 Å². The molecule has 0 amide bonds. The molecule has 0 spiro atoms. The SMILES string of the molecule is c1ccc(-c2cc(-c3ccc4ccccc4c3)cc(-c3cc(-c4ccc5c(c4)sc4ccccc45)nc(-c4ccc5c(c4)sc4ccccc45)n3)c2)cc1. The lowest BCUT2D eigenvalue weighted by molar-refractivity contribution is 1.19. The van der Waals surface area contributed by atoms with Crippen LogP contribution >= 0.6 is 22.7 Å². The van der Waals surface area contributed by atoms with Crippen LogP contribution in [0.25, 0.3) is 107 Å². The van der Waals surface area contributed by atoms with Gasteiger partial charge in [-0.05, 0) is 87.6 Å². The molecule has 0 N–H and O–H groups in total. The van der Waals surface area contributed by atoms with Gasteiger partial charge in [-0.15, -0.1) is 22.7 Å². The van der Waals surface area contributed by atoms with Crippen molar-refractivity contribution < 1.29 is 0 Å². The maximum absolute atomic E-state index is 5.37. The minimum Gasteiger partial charge on any atom is -0.228 e. The summed E-state index contributed by atoms with van der Waals surface area (Å²) < 4.78 is 5.08. The average molecular weight is 723 g/mol. The first-order valence-corrected chi connectivity index (χ1v) is 19.8. The molecule has 54 heavy (non-hydrogen) atoms. The zero-order valence-electron chi connectivity index (χ0n) is 29.0. The van der Waals surface area contributed by atoms with Crippen LogP contribution in [0.4, 0.5) is 0 Å². The third-order valence-corrected chi connectivity index (χ3v) is 12.7. The molecule has 8 aromatic carbocycles. The number of nitrogens with zero attached hydrogens (tertiary/aromatic N) is 2. The summed E-state index contributed by atoms with van der Waals surface area (Å²) in [6.07, 6.45) is 0. The highest BCUT2D eigenvalue weighted by molar-refractivity contribution is 7.26. The first-order valence-electron chi connectivity index (χ1n) is 18.1. The van der Waals surface area contributed by atoms with Gasteiger partial charge >= 0.3 is 0 Å². The Hall–Kier alpha value is -6.46. The molecule has 252 valence electrons. The molecule has 0 aliphatic carbocycles. The first-order chi connectivity index (χ1) is 26.7. The molecule has 0 aliphatic rings. The van der Waals surface area contributed by atoms with E-state index in [2.05, 4.69) is 182 Å². The number of rotatable bonds is 5. The molecule has 0 bridgehead atoms. The van der Waals surface area contributed by atoms with Gasteiger partial charge in [0.25, 0.3) is 0 Å². The minimum absolute atomic E-state index is 0.718. The van der Waals surface area contributed by atoms with Crippen LogP contribution in [-0.2, 0) is 0 Å². The topological polar surface area (TPSA) is 25.8 Å². The van der Waals surface area contributed by atoms with Gasteiger partial charge in [0.2, 0.25) is 0 Å². The van der Waals surface area contributed by atoms with Gasteiger partial charge in [0.15, 0.2) is 5.82 Å². The number of aromatic nitrogens is 2. The van der Waals surface area contributed by atoms with Gasteiger partial charge in [0, 0.05) is 57.0 Å². The molecule has 0 unspecified atom stereocenters. The average Bonchev–Trinajstić information content (AvgIpc) is 3.81. The zero-order chi connectivity index (χ0) is 35.6. The van der Waals surface area contributed by atoms with Crippen LogP contribution in [0.2, 0.25) is 0 Å². The van der Waals surface area contributed by atoms with E-state index in [0.29, 0.717) is 0 Å². The van der Waals surface area contributed by atoms with Crippen molar-refractivity contribution in [2.24, 2.45) is 0 Å². The number of thiophene rings is 2. The van der Waals surface area contributed by atoms with Gasteiger partial charge in [-0.25, -0.2) is 9.97 Å². The van der Waals surface area contributed by atoms with Crippen LogP contribution in [-0.4, -0.2) is 9.97 Å². The second-order valence-electron chi connectivity index (χ2n) is 13.8. The summed E-state index contributed by atoms with van der Waals surface area (Å²) in [6.45, 7) is 0. The van der Waals surface area contributed by atoms with Gasteiger partial charge in [0.05, 0.1) is 11.4 Å². The van der Waals surface area contributed by atoms with E-state index in [4.69, 9.17) is 9.97 Å². The molecule has 3 aromatic heterocycles.